The van der Waals surface area contributed by atoms with Crippen LogP contribution in [-0.2, 0) is 11.2 Å². The highest BCUT2D eigenvalue weighted by atomic mass is 16.5. The van der Waals surface area contributed by atoms with Crippen molar-refractivity contribution in [2.75, 3.05) is 13.7 Å². The Hall–Kier alpha value is -0.900. The predicted octanol–water partition coefficient (Wildman–Crippen LogP) is 1.10. The second-order valence-electron chi connectivity index (χ2n) is 3.33. The Labute approximate surface area is 85.2 Å². The quantitative estimate of drug-likeness (QED) is 0.526. The van der Waals surface area contributed by atoms with Crippen LogP contribution in [0.5, 0.6) is 0 Å². The minimum absolute atomic E-state index is 0.289. The van der Waals surface area contributed by atoms with Crippen LogP contribution in [0, 0.1) is 0 Å². The minimum atomic E-state index is 0.289. The fourth-order valence-electron chi connectivity index (χ4n) is 1.40. The smallest absolute Gasteiger partial charge is 0.0477 e. The summed E-state index contributed by atoms with van der Waals surface area (Å²) in [5.41, 5.74) is 4.10. The normalized spacial score (nSPS) is 12.7. The number of rotatable bonds is 6. The van der Waals surface area contributed by atoms with E-state index in [0.29, 0.717) is 0 Å². The molecular weight excluding hydrogens is 176 g/mol. The van der Waals surface area contributed by atoms with Gasteiger partial charge in [0.05, 0.1) is 0 Å². The fraction of sp³-hybridized carbons (Fsp3) is 0.455. The molecule has 3 heteroatoms. The second kappa shape index (κ2) is 6.54. The summed E-state index contributed by atoms with van der Waals surface area (Å²) < 4.78 is 5.02. The predicted molar refractivity (Wildman–Crippen MR) is 57.8 cm³/mol. The number of ether oxygens (including phenoxy) is 1. The summed E-state index contributed by atoms with van der Waals surface area (Å²) in [6.07, 6.45) is 1.88. The van der Waals surface area contributed by atoms with Gasteiger partial charge in [-0.25, -0.2) is 0 Å². The monoisotopic (exact) mass is 194 g/mol. The first kappa shape index (κ1) is 11.2. The third-order valence-electron chi connectivity index (χ3n) is 2.23. The molecule has 0 spiro atoms. The molecule has 0 aliphatic rings. The maximum Gasteiger partial charge on any atom is 0.0477 e. The van der Waals surface area contributed by atoms with Crippen LogP contribution in [0.25, 0.3) is 0 Å². The maximum absolute atomic E-state index is 5.46. The lowest BCUT2D eigenvalue weighted by atomic mass is 10.0. The number of benzene rings is 1. The molecule has 0 fully saturated rings. The Morgan fingerprint density at radius 3 is 2.64 bits per heavy atom. The topological polar surface area (TPSA) is 47.3 Å². The average Bonchev–Trinajstić information content (AvgIpc) is 2.25. The van der Waals surface area contributed by atoms with E-state index in [9.17, 15) is 0 Å². The summed E-state index contributed by atoms with van der Waals surface area (Å²) in [4.78, 5) is 0. The van der Waals surface area contributed by atoms with Crippen LogP contribution in [0.4, 0.5) is 0 Å². The molecule has 0 aliphatic heterocycles. The number of hydrogen-bond donors (Lipinski definition) is 2. The number of hydrogen-bond acceptors (Lipinski definition) is 3. The van der Waals surface area contributed by atoms with Gasteiger partial charge in [0.1, 0.15) is 0 Å². The Morgan fingerprint density at radius 2 is 2.07 bits per heavy atom. The van der Waals surface area contributed by atoms with Crippen molar-refractivity contribution in [1.29, 1.82) is 0 Å². The van der Waals surface area contributed by atoms with Crippen molar-refractivity contribution >= 4 is 0 Å². The van der Waals surface area contributed by atoms with E-state index in [1.807, 2.05) is 18.2 Å². The maximum atomic E-state index is 5.46. The van der Waals surface area contributed by atoms with Gasteiger partial charge in [-0.1, -0.05) is 30.3 Å². The first-order valence-corrected chi connectivity index (χ1v) is 4.86. The molecular formula is C11H18N2O. The molecule has 0 saturated carbocycles. The van der Waals surface area contributed by atoms with Gasteiger partial charge in [0, 0.05) is 19.8 Å². The van der Waals surface area contributed by atoms with Gasteiger partial charge in [0.15, 0.2) is 0 Å². The van der Waals surface area contributed by atoms with Gasteiger partial charge < -0.3 is 4.74 Å². The molecule has 78 valence electrons. The minimum Gasteiger partial charge on any atom is -0.385 e. The van der Waals surface area contributed by atoms with E-state index in [1.165, 1.54) is 5.56 Å². The molecule has 0 radical (unpaired) electrons. The van der Waals surface area contributed by atoms with Gasteiger partial charge in [0.2, 0.25) is 0 Å². The van der Waals surface area contributed by atoms with Crippen molar-refractivity contribution in [3.8, 4) is 0 Å². The third-order valence-corrected chi connectivity index (χ3v) is 2.23. The molecule has 1 aromatic carbocycles. The van der Waals surface area contributed by atoms with E-state index in [2.05, 4.69) is 17.6 Å². The van der Waals surface area contributed by atoms with E-state index in [0.717, 1.165) is 19.4 Å². The van der Waals surface area contributed by atoms with Crippen LogP contribution >= 0.6 is 0 Å². The summed E-state index contributed by atoms with van der Waals surface area (Å²) in [5.74, 6) is 5.46. The van der Waals surface area contributed by atoms with Crippen LogP contribution in [0.2, 0.25) is 0 Å². The standard InChI is InChI=1S/C11H18N2O/c1-14-8-7-11(13-12)9-10-5-3-2-4-6-10/h2-6,11,13H,7-9,12H2,1H3. The zero-order valence-corrected chi connectivity index (χ0v) is 8.57. The molecule has 3 N–H and O–H groups in total. The lowest BCUT2D eigenvalue weighted by Crippen LogP contribution is -2.37. The molecule has 3 nitrogen and oxygen atoms in total. The van der Waals surface area contributed by atoms with Crippen molar-refractivity contribution < 1.29 is 4.74 Å². The third kappa shape index (κ3) is 3.87. The van der Waals surface area contributed by atoms with Crippen LogP contribution in [0.15, 0.2) is 30.3 Å². The van der Waals surface area contributed by atoms with Gasteiger partial charge >= 0.3 is 0 Å². The number of hydrazine groups is 1. The molecule has 1 aromatic rings. The molecule has 0 bridgehead atoms. The van der Waals surface area contributed by atoms with Crippen LogP contribution < -0.4 is 11.3 Å². The highest BCUT2D eigenvalue weighted by molar-refractivity contribution is 5.15. The van der Waals surface area contributed by atoms with Gasteiger partial charge in [-0.15, -0.1) is 0 Å². The van der Waals surface area contributed by atoms with Gasteiger partial charge in [-0.2, -0.15) is 0 Å². The Morgan fingerprint density at radius 1 is 1.36 bits per heavy atom. The summed E-state index contributed by atoms with van der Waals surface area (Å²) in [7, 11) is 1.70. The first-order chi connectivity index (χ1) is 6.86. The van der Waals surface area contributed by atoms with Crippen molar-refractivity contribution in [1.82, 2.24) is 5.43 Å². The van der Waals surface area contributed by atoms with Crippen LogP contribution in [-0.4, -0.2) is 19.8 Å². The van der Waals surface area contributed by atoms with E-state index in [-0.39, 0.29) is 6.04 Å². The highest BCUT2D eigenvalue weighted by Gasteiger charge is 2.06. The Balaban J connectivity index is 2.40. The molecule has 1 rings (SSSR count). The Bertz CT molecular complexity index is 238. The van der Waals surface area contributed by atoms with Crippen molar-refractivity contribution in [2.24, 2.45) is 5.84 Å². The fourth-order valence-corrected chi connectivity index (χ4v) is 1.40. The SMILES string of the molecule is COCCC(Cc1ccccc1)NN. The second-order valence-corrected chi connectivity index (χ2v) is 3.33. The van der Waals surface area contributed by atoms with Gasteiger partial charge in [-0.05, 0) is 18.4 Å². The van der Waals surface area contributed by atoms with Gasteiger partial charge in [0.25, 0.3) is 0 Å². The van der Waals surface area contributed by atoms with E-state index in [1.54, 1.807) is 7.11 Å². The molecule has 1 unspecified atom stereocenters. The molecule has 1 atom stereocenters. The zero-order valence-electron chi connectivity index (χ0n) is 8.57. The van der Waals surface area contributed by atoms with Crippen molar-refractivity contribution in [2.45, 2.75) is 18.9 Å². The molecule has 0 aromatic heterocycles. The molecule has 0 heterocycles. The summed E-state index contributed by atoms with van der Waals surface area (Å²) >= 11 is 0. The van der Waals surface area contributed by atoms with Crippen molar-refractivity contribution in [3.05, 3.63) is 35.9 Å². The Kier molecular flexibility index (Phi) is 5.22. The van der Waals surface area contributed by atoms with Crippen LogP contribution in [0.3, 0.4) is 0 Å². The lowest BCUT2D eigenvalue weighted by molar-refractivity contribution is 0.182. The number of methoxy groups -OCH3 is 1. The molecule has 0 saturated heterocycles. The molecule has 0 aliphatic carbocycles. The highest BCUT2D eigenvalue weighted by Crippen LogP contribution is 2.04. The van der Waals surface area contributed by atoms with E-state index in [4.69, 9.17) is 10.6 Å². The average molecular weight is 194 g/mol. The summed E-state index contributed by atoms with van der Waals surface area (Å²) in [5, 5.41) is 0. The van der Waals surface area contributed by atoms with Crippen LogP contribution in [0.1, 0.15) is 12.0 Å². The number of nitrogens with one attached hydrogen (secondary N) is 1. The van der Waals surface area contributed by atoms with E-state index >= 15 is 0 Å². The van der Waals surface area contributed by atoms with Gasteiger partial charge in [-0.3, -0.25) is 11.3 Å². The summed E-state index contributed by atoms with van der Waals surface area (Å²) in [6, 6.07) is 10.6. The largest absolute Gasteiger partial charge is 0.385 e. The lowest BCUT2D eigenvalue weighted by Gasteiger charge is -2.15. The first-order valence-electron chi connectivity index (χ1n) is 4.86. The van der Waals surface area contributed by atoms with E-state index < -0.39 is 0 Å². The number of nitrogens with two attached hydrogens (primary N) is 1. The zero-order chi connectivity index (χ0) is 10.2. The molecule has 14 heavy (non-hydrogen) atoms. The summed E-state index contributed by atoms with van der Waals surface area (Å²) in [6.45, 7) is 0.738. The van der Waals surface area contributed by atoms with Crippen molar-refractivity contribution in [3.63, 3.8) is 0 Å². The molecule has 0 amide bonds.